The van der Waals surface area contributed by atoms with E-state index in [-0.39, 0.29) is 17.8 Å². The number of ether oxygens (including phenoxy) is 1. The van der Waals surface area contributed by atoms with Crippen molar-refractivity contribution in [2.24, 2.45) is 0 Å². The van der Waals surface area contributed by atoms with Gasteiger partial charge in [0.15, 0.2) is 0 Å². The summed E-state index contributed by atoms with van der Waals surface area (Å²) in [7, 11) is 0. The summed E-state index contributed by atoms with van der Waals surface area (Å²) in [6, 6.07) is 5.46. The molecule has 1 aromatic carbocycles. The van der Waals surface area contributed by atoms with Crippen molar-refractivity contribution in [3.8, 4) is 0 Å². The number of hydrogen-bond donors (Lipinski definition) is 0. The molecule has 0 radical (unpaired) electrons. The molecule has 20 heavy (non-hydrogen) atoms. The van der Waals surface area contributed by atoms with Gasteiger partial charge >= 0.3 is 6.09 Å². The molecule has 0 spiro atoms. The Balaban J connectivity index is 2.22. The van der Waals surface area contributed by atoms with E-state index in [1.807, 2.05) is 0 Å². The van der Waals surface area contributed by atoms with Crippen LogP contribution in [0, 0.1) is 5.82 Å². The van der Waals surface area contributed by atoms with Crippen LogP contribution in [0.5, 0.6) is 0 Å². The fourth-order valence-corrected chi connectivity index (χ4v) is 2.22. The molecule has 1 saturated heterocycles. The molecule has 1 aromatic rings. The third-order valence-electron chi connectivity index (χ3n) is 3.06. The summed E-state index contributed by atoms with van der Waals surface area (Å²) in [4.78, 5) is 25.2. The molecule has 0 unspecified atom stereocenters. The maximum Gasteiger partial charge on any atom is 0.417 e. The molecule has 2 amide bonds. The summed E-state index contributed by atoms with van der Waals surface area (Å²) in [6.07, 6.45) is 0.180. The van der Waals surface area contributed by atoms with Gasteiger partial charge in [-0.3, -0.25) is 4.79 Å². The van der Waals surface area contributed by atoms with Crippen LogP contribution >= 0.6 is 0 Å². The maximum absolute atomic E-state index is 13.0. The normalized spacial score (nSPS) is 19.3. The first kappa shape index (κ1) is 14.5. The minimum absolute atomic E-state index is 0.256. The Bertz CT molecular complexity index is 519. The number of carbonyl (C=O) groups is 2. The highest BCUT2D eigenvalue weighted by Gasteiger charge is 2.39. The van der Waals surface area contributed by atoms with Gasteiger partial charge < -0.3 is 4.74 Å². The largest absolute Gasteiger partial charge is 0.443 e. The molecule has 0 saturated carbocycles. The van der Waals surface area contributed by atoms with E-state index in [1.54, 1.807) is 32.9 Å². The number of nitrogens with zero attached hydrogens (tertiary/aromatic N) is 1. The molecule has 0 aliphatic carbocycles. The van der Waals surface area contributed by atoms with Gasteiger partial charge in [-0.2, -0.15) is 0 Å². The van der Waals surface area contributed by atoms with Gasteiger partial charge in [-0.25, -0.2) is 14.1 Å². The third kappa shape index (κ3) is 3.15. The molecule has 0 N–H and O–H groups in total. The molecule has 1 aliphatic rings. The van der Waals surface area contributed by atoms with Gasteiger partial charge in [0, 0.05) is 6.42 Å². The maximum atomic E-state index is 13.0. The van der Waals surface area contributed by atoms with Crippen LogP contribution in [0.25, 0.3) is 0 Å². The molecule has 108 valence electrons. The lowest BCUT2D eigenvalue weighted by molar-refractivity contribution is -0.128. The quantitative estimate of drug-likeness (QED) is 0.791. The van der Waals surface area contributed by atoms with Crippen molar-refractivity contribution < 1.29 is 18.7 Å². The zero-order chi connectivity index (χ0) is 14.9. The first-order valence-corrected chi connectivity index (χ1v) is 6.58. The van der Waals surface area contributed by atoms with Gasteiger partial charge in [0.1, 0.15) is 11.4 Å². The molecular weight excluding hydrogens is 261 g/mol. The van der Waals surface area contributed by atoms with Gasteiger partial charge in [-0.05, 0) is 44.9 Å². The number of halogens is 1. The highest BCUT2D eigenvalue weighted by molar-refractivity contribution is 5.94. The Morgan fingerprint density at radius 2 is 1.90 bits per heavy atom. The van der Waals surface area contributed by atoms with E-state index in [1.165, 1.54) is 12.1 Å². The van der Waals surface area contributed by atoms with Crippen molar-refractivity contribution in [2.45, 2.75) is 45.3 Å². The van der Waals surface area contributed by atoms with Crippen LogP contribution < -0.4 is 0 Å². The topological polar surface area (TPSA) is 46.6 Å². The molecule has 5 heteroatoms. The first-order valence-electron chi connectivity index (χ1n) is 6.58. The van der Waals surface area contributed by atoms with Gasteiger partial charge in [-0.15, -0.1) is 0 Å². The summed E-state index contributed by atoms with van der Waals surface area (Å²) in [5.41, 5.74) is 0.0796. The lowest BCUT2D eigenvalue weighted by Gasteiger charge is -2.27. The Labute approximate surface area is 117 Å². The minimum atomic E-state index is -0.659. The predicted molar refractivity (Wildman–Crippen MR) is 71.5 cm³/mol. The van der Waals surface area contributed by atoms with Crippen molar-refractivity contribution in [3.05, 3.63) is 35.6 Å². The van der Waals surface area contributed by atoms with Crippen LogP contribution in [-0.4, -0.2) is 22.5 Å². The fourth-order valence-electron chi connectivity index (χ4n) is 2.22. The monoisotopic (exact) mass is 279 g/mol. The highest BCUT2D eigenvalue weighted by atomic mass is 19.1. The smallest absolute Gasteiger partial charge is 0.417 e. The van der Waals surface area contributed by atoms with Gasteiger partial charge in [0.2, 0.25) is 5.91 Å². The van der Waals surface area contributed by atoms with Crippen molar-refractivity contribution in [2.75, 3.05) is 0 Å². The lowest BCUT2D eigenvalue weighted by atomic mass is 10.0. The lowest BCUT2D eigenvalue weighted by Crippen LogP contribution is -2.38. The predicted octanol–water partition coefficient (Wildman–Crippen LogP) is 3.42. The van der Waals surface area contributed by atoms with Crippen LogP contribution in [0.1, 0.15) is 45.2 Å². The van der Waals surface area contributed by atoms with Crippen molar-refractivity contribution in [1.82, 2.24) is 4.90 Å². The Hall–Kier alpha value is -1.91. The molecule has 0 aromatic heterocycles. The van der Waals surface area contributed by atoms with E-state index in [4.69, 9.17) is 4.74 Å². The van der Waals surface area contributed by atoms with E-state index >= 15 is 0 Å². The molecule has 1 atom stereocenters. The zero-order valence-electron chi connectivity index (χ0n) is 11.9. The number of hydrogen-bond acceptors (Lipinski definition) is 3. The molecule has 1 heterocycles. The van der Waals surface area contributed by atoms with Crippen molar-refractivity contribution in [1.29, 1.82) is 0 Å². The van der Waals surface area contributed by atoms with Crippen LogP contribution in [0.15, 0.2) is 24.3 Å². The number of benzene rings is 1. The highest BCUT2D eigenvalue weighted by Crippen LogP contribution is 2.34. The summed E-state index contributed by atoms with van der Waals surface area (Å²) in [5.74, 6) is -0.601. The van der Waals surface area contributed by atoms with Crippen molar-refractivity contribution in [3.63, 3.8) is 0 Å². The van der Waals surface area contributed by atoms with Gasteiger partial charge in [-0.1, -0.05) is 12.1 Å². The average molecular weight is 279 g/mol. The van der Waals surface area contributed by atoms with Gasteiger partial charge in [0.05, 0.1) is 6.04 Å². The van der Waals surface area contributed by atoms with Crippen LogP contribution in [0.4, 0.5) is 9.18 Å². The molecule has 0 bridgehead atoms. The number of rotatable bonds is 1. The molecule has 2 rings (SSSR count). The van der Waals surface area contributed by atoms with Crippen LogP contribution in [-0.2, 0) is 9.53 Å². The Morgan fingerprint density at radius 1 is 1.30 bits per heavy atom. The third-order valence-corrected chi connectivity index (χ3v) is 3.06. The summed E-state index contributed by atoms with van der Waals surface area (Å²) in [6.45, 7) is 5.25. The number of imide groups is 1. The number of carbonyl (C=O) groups excluding carboxylic acids is 2. The standard InChI is InChI=1S/C15H18FNO3/c1-15(2,3)20-14(19)17-12(8-9-13(17)18)10-4-6-11(16)7-5-10/h4-7,12H,8-9H2,1-3H3/t12-/m0/s1. The second-order valence-electron chi connectivity index (χ2n) is 5.85. The zero-order valence-corrected chi connectivity index (χ0v) is 11.9. The van der Waals surface area contributed by atoms with Crippen molar-refractivity contribution >= 4 is 12.0 Å². The summed E-state index contributed by atoms with van der Waals surface area (Å²) in [5, 5.41) is 0. The molecule has 1 fully saturated rings. The van der Waals surface area contributed by atoms with E-state index in [2.05, 4.69) is 0 Å². The first-order chi connectivity index (χ1) is 9.28. The number of amides is 2. The SMILES string of the molecule is CC(C)(C)OC(=O)N1C(=O)CC[C@H]1c1ccc(F)cc1. The average Bonchev–Trinajstić information content (AvgIpc) is 2.70. The van der Waals surface area contributed by atoms with E-state index in [9.17, 15) is 14.0 Å². The van der Waals surface area contributed by atoms with E-state index in [0.29, 0.717) is 12.8 Å². The Morgan fingerprint density at radius 3 is 2.45 bits per heavy atom. The summed E-state index contributed by atoms with van der Waals surface area (Å²) < 4.78 is 18.2. The van der Waals surface area contributed by atoms with Crippen LogP contribution in [0.3, 0.4) is 0 Å². The van der Waals surface area contributed by atoms with E-state index < -0.39 is 11.7 Å². The summed E-state index contributed by atoms with van der Waals surface area (Å²) >= 11 is 0. The second-order valence-corrected chi connectivity index (χ2v) is 5.85. The molecule has 4 nitrogen and oxygen atoms in total. The second kappa shape index (κ2) is 5.23. The number of likely N-dealkylation sites (tertiary alicyclic amines) is 1. The minimum Gasteiger partial charge on any atom is -0.443 e. The van der Waals surface area contributed by atoms with Crippen LogP contribution in [0.2, 0.25) is 0 Å². The molecule has 1 aliphatic heterocycles. The Kier molecular flexibility index (Phi) is 3.79. The fraction of sp³-hybridized carbons (Fsp3) is 0.467. The van der Waals surface area contributed by atoms with Gasteiger partial charge in [0.25, 0.3) is 0 Å². The van der Waals surface area contributed by atoms with E-state index in [0.717, 1.165) is 10.5 Å². The molecular formula is C15H18FNO3.